The van der Waals surface area contributed by atoms with Gasteiger partial charge in [0.25, 0.3) is 0 Å². The predicted molar refractivity (Wildman–Crippen MR) is 93.2 cm³/mol. The third-order valence-corrected chi connectivity index (χ3v) is 5.72. The summed E-state index contributed by atoms with van der Waals surface area (Å²) in [7, 11) is 0. The molecule has 2 fully saturated rings. The highest BCUT2D eigenvalue weighted by Crippen LogP contribution is 2.33. The number of likely N-dealkylation sites (tertiary alicyclic amines) is 1. The smallest absolute Gasteiger partial charge is 0.342 e. The summed E-state index contributed by atoms with van der Waals surface area (Å²) in [5.41, 5.74) is 0.285. The highest BCUT2D eigenvalue weighted by atomic mass is 19.4. The number of nitrogens with zero attached hydrogens (tertiary/aromatic N) is 4. The van der Waals surface area contributed by atoms with Gasteiger partial charge >= 0.3 is 6.18 Å². The van der Waals surface area contributed by atoms with Crippen molar-refractivity contribution in [2.45, 2.75) is 57.5 Å². The van der Waals surface area contributed by atoms with Gasteiger partial charge in [0.05, 0.1) is 5.69 Å². The summed E-state index contributed by atoms with van der Waals surface area (Å²) in [5, 5.41) is 4.23. The molecular weight excluding hydrogens is 357 g/mol. The first-order valence-corrected chi connectivity index (χ1v) is 9.56. The van der Waals surface area contributed by atoms with Crippen LogP contribution in [0.3, 0.4) is 0 Å². The number of amides is 1. The first kappa shape index (κ1) is 18.3. The summed E-state index contributed by atoms with van der Waals surface area (Å²) >= 11 is 0. The number of aryl methyl sites for hydroxylation is 1. The van der Waals surface area contributed by atoms with Crippen molar-refractivity contribution in [3.05, 3.63) is 29.2 Å². The van der Waals surface area contributed by atoms with E-state index in [0.717, 1.165) is 55.7 Å². The molecule has 0 radical (unpaired) electrons. The molecule has 0 spiro atoms. The van der Waals surface area contributed by atoms with Crippen molar-refractivity contribution in [2.75, 3.05) is 13.1 Å². The molecule has 1 amide bonds. The zero-order valence-corrected chi connectivity index (χ0v) is 15.3. The molecule has 27 heavy (non-hydrogen) atoms. The second-order valence-electron chi connectivity index (χ2n) is 7.72. The van der Waals surface area contributed by atoms with Crippen LogP contribution < -0.4 is 0 Å². The van der Waals surface area contributed by atoms with E-state index < -0.39 is 11.9 Å². The zero-order valence-electron chi connectivity index (χ0n) is 15.3. The maximum absolute atomic E-state index is 13.3. The molecule has 1 saturated carbocycles. The molecule has 0 aromatic carbocycles. The number of aromatic nitrogens is 3. The maximum atomic E-state index is 13.3. The van der Waals surface area contributed by atoms with Gasteiger partial charge in [0.15, 0.2) is 5.65 Å². The summed E-state index contributed by atoms with van der Waals surface area (Å²) in [6, 6.07) is 2.65. The van der Waals surface area contributed by atoms with Crippen LogP contribution in [0.5, 0.6) is 0 Å². The molecule has 1 saturated heterocycles. The second-order valence-corrected chi connectivity index (χ2v) is 7.72. The molecule has 3 heterocycles. The van der Waals surface area contributed by atoms with Crippen molar-refractivity contribution in [3.8, 4) is 0 Å². The third kappa shape index (κ3) is 3.53. The predicted octanol–water partition coefficient (Wildman–Crippen LogP) is 3.95. The molecule has 0 bridgehead atoms. The van der Waals surface area contributed by atoms with Gasteiger partial charge in [-0.15, -0.1) is 0 Å². The highest BCUT2D eigenvalue weighted by Gasteiger charge is 2.36. The number of carbonyl (C=O) groups excluding carboxylic acids is 1. The standard InChI is InChI=1S/C19H23F3N4O/c1-12-9-16(19(20,21)22)26-17(23-12)10-15(24-26)14-7-4-8-25(11-14)18(27)13-5-2-3-6-13/h9-10,13-14H,2-8,11H2,1H3/t14-/m0/s1. The Bertz CT molecular complexity index is 854. The summed E-state index contributed by atoms with van der Waals surface area (Å²) < 4.78 is 40.9. The lowest BCUT2D eigenvalue weighted by Crippen LogP contribution is -2.41. The molecule has 0 unspecified atom stereocenters. The Hall–Kier alpha value is -2.12. The number of fused-ring (bicyclic) bond motifs is 1. The van der Waals surface area contributed by atoms with E-state index in [-0.39, 0.29) is 23.4 Å². The third-order valence-electron chi connectivity index (χ3n) is 5.72. The zero-order chi connectivity index (χ0) is 19.2. The molecule has 146 valence electrons. The van der Waals surface area contributed by atoms with Gasteiger partial charge in [-0.3, -0.25) is 4.79 Å². The van der Waals surface area contributed by atoms with Crippen LogP contribution in [-0.2, 0) is 11.0 Å². The average Bonchev–Trinajstić information content (AvgIpc) is 3.29. The van der Waals surface area contributed by atoms with Crippen molar-refractivity contribution in [2.24, 2.45) is 5.92 Å². The highest BCUT2D eigenvalue weighted by molar-refractivity contribution is 5.79. The topological polar surface area (TPSA) is 50.5 Å². The van der Waals surface area contributed by atoms with E-state index in [1.165, 1.54) is 0 Å². The first-order chi connectivity index (χ1) is 12.8. The van der Waals surface area contributed by atoms with Crippen molar-refractivity contribution in [1.29, 1.82) is 0 Å². The molecule has 1 aliphatic heterocycles. The molecule has 2 aliphatic rings. The Labute approximate surface area is 155 Å². The van der Waals surface area contributed by atoms with E-state index >= 15 is 0 Å². The van der Waals surface area contributed by atoms with E-state index in [0.29, 0.717) is 17.9 Å². The summed E-state index contributed by atoms with van der Waals surface area (Å²) in [5.74, 6) is 0.268. The van der Waals surface area contributed by atoms with E-state index in [2.05, 4.69) is 10.1 Å². The van der Waals surface area contributed by atoms with Crippen LogP contribution in [0.4, 0.5) is 13.2 Å². The average molecular weight is 380 g/mol. The molecule has 2 aromatic rings. The van der Waals surface area contributed by atoms with Crippen LogP contribution in [0.15, 0.2) is 12.1 Å². The van der Waals surface area contributed by atoms with Crippen molar-refractivity contribution >= 4 is 11.6 Å². The van der Waals surface area contributed by atoms with Gasteiger partial charge in [-0.1, -0.05) is 12.8 Å². The maximum Gasteiger partial charge on any atom is 0.433 e. The summed E-state index contributed by atoms with van der Waals surface area (Å²) in [6.45, 7) is 2.80. The van der Waals surface area contributed by atoms with Gasteiger partial charge in [-0.2, -0.15) is 18.3 Å². The number of carbonyl (C=O) groups is 1. The Morgan fingerprint density at radius 2 is 1.89 bits per heavy atom. The van der Waals surface area contributed by atoms with E-state index in [4.69, 9.17) is 0 Å². The van der Waals surface area contributed by atoms with Gasteiger partial charge in [0.1, 0.15) is 5.69 Å². The molecule has 5 nitrogen and oxygen atoms in total. The lowest BCUT2D eigenvalue weighted by Gasteiger charge is -2.33. The molecule has 8 heteroatoms. The van der Waals surface area contributed by atoms with Crippen LogP contribution in [-0.4, -0.2) is 38.5 Å². The lowest BCUT2D eigenvalue weighted by atomic mass is 9.93. The van der Waals surface area contributed by atoms with Crippen molar-refractivity contribution < 1.29 is 18.0 Å². The Morgan fingerprint density at radius 3 is 2.59 bits per heavy atom. The van der Waals surface area contributed by atoms with Gasteiger partial charge in [-0.25, -0.2) is 9.50 Å². The minimum atomic E-state index is -4.49. The van der Waals surface area contributed by atoms with Crippen LogP contribution >= 0.6 is 0 Å². The number of halogens is 3. The van der Waals surface area contributed by atoms with Crippen LogP contribution in [0.25, 0.3) is 5.65 Å². The molecule has 1 atom stereocenters. The number of hydrogen-bond donors (Lipinski definition) is 0. The number of rotatable bonds is 2. The van der Waals surface area contributed by atoms with E-state index in [9.17, 15) is 18.0 Å². The first-order valence-electron chi connectivity index (χ1n) is 9.56. The molecule has 4 rings (SSSR count). The summed E-state index contributed by atoms with van der Waals surface area (Å²) in [6.07, 6.45) is 1.27. The van der Waals surface area contributed by atoms with Crippen LogP contribution in [0, 0.1) is 12.8 Å². The lowest BCUT2D eigenvalue weighted by molar-refractivity contribution is -0.142. The quantitative estimate of drug-likeness (QED) is 0.793. The molecule has 1 aliphatic carbocycles. The molecular formula is C19H23F3N4O. The minimum Gasteiger partial charge on any atom is -0.342 e. The van der Waals surface area contributed by atoms with E-state index in [1.807, 2.05) is 4.90 Å². The van der Waals surface area contributed by atoms with Gasteiger partial charge in [0, 0.05) is 36.7 Å². The van der Waals surface area contributed by atoms with E-state index in [1.54, 1.807) is 13.0 Å². The van der Waals surface area contributed by atoms with Crippen molar-refractivity contribution in [1.82, 2.24) is 19.5 Å². The van der Waals surface area contributed by atoms with Gasteiger partial charge in [-0.05, 0) is 38.7 Å². The number of piperidine rings is 1. The Balaban J connectivity index is 1.61. The normalized spacial score (nSPS) is 21.9. The number of alkyl halides is 3. The minimum absolute atomic E-state index is 0.0489. The summed E-state index contributed by atoms with van der Waals surface area (Å²) in [4.78, 5) is 18.8. The fraction of sp³-hybridized carbons (Fsp3) is 0.632. The monoisotopic (exact) mass is 380 g/mol. The number of hydrogen-bond acceptors (Lipinski definition) is 3. The second kappa shape index (κ2) is 6.80. The molecule has 0 N–H and O–H groups in total. The van der Waals surface area contributed by atoms with Crippen LogP contribution in [0.1, 0.15) is 61.5 Å². The van der Waals surface area contributed by atoms with Gasteiger partial charge in [0.2, 0.25) is 5.91 Å². The Kier molecular flexibility index (Phi) is 4.60. The SMILES string of the molecule is Cc1cc(C(F)(F)F)n2nc([C@H]3CCCN(C(=O)C4CCCC4)C3)cc2n1. The molecule has 2 aromatic heterocycles. The van der Waals surface area contributed by atoms with Crippen molar-refractivity contribution in [3.63, 3.8) is 0 Å². The Morgan fingerprint density at radius 1 is 1.15 bits per heavy atom. The fourth-order valence-corrected chi connectivity index (χ4v) is 4.37. The van der Waals surface area contributed by atoms with Gasteiger partial charge < -0.3 is 4.90 Å². The van der Waals surface area contributed by atoms with Crippen LogP contribution in [0.2, 0.25) is 0 Å². The largest absolute Gasteiger partial charge is 0.433 e. The fourth-order valence-electron chi connectivity index (χ4n) is 4.37.